The third kappa shape index (κ3) is 6.03. The number of rotatable bonds is 7. The monoisotopic (exact) mass is 334 g/mol. The minimum Gasteiger partial charge on any atom is -0.351 e. The van der Waals surface area contributed by atoms with E-state index in [2.05, 4.69) is 28.2 Å². The van der Waals surface area contributed by atoms with E-state index in [1.165, 1.54) is 12.8 Å². The van der Waals surface area contributed by atoms with Crippen molar-refractivity contribution in [1.82, 2.24) is 5.32 Å². The number of unbranched alkanes of at least 4 members (excludes halogenated alkanes) is 3. The van der Waals surface area contributed by atoms with Gasteiger partial charge in [-0.3, -0.25) is 4.79 Å². The molecule has 0 heterocycles. The van der Waals surface area contributed by atoms with Gasteiger partial charge in [0.05, 0.1) is 0 Å². The summed E-state index contributed by atoms with van der Waals surface area (Å²) < 4.78 is 0.920. The van der Waals surface area contributed by atoms with Crippen LogP contribution in [-0.2, 0) is 4.79 Å². The predicted molar refractivity (Wildman–Crippen MR) is 84.9 cm³/mol. The van der Waals surface area contributed by atoms with Crippen LogP contribution in [0.15, 0.2) is 34.3 Å². The molecule has 0 aliphatic rings. The third-order valence-electron chi connectivity index (χ3n) is 2.84. The number of amides is 1. The Hall–Kier alpha value is -1.60. The summed E-state index contributed by atoms with van der Waals surface area (Å²) in [6.07, 6.45) is 6.00. The van der Waals surface area contributed by atoms with E-state index in [4.69, 9.17) is 5.26 Å². The number of nitrogens with one attached hydrogen (secondary N) is 1. The molecule has 0 aromatic heterocycles. The Morgan fingerprint density at radius 3 is 2.85 bits per heavy atom. The molecular formula is C16H19BrN2O. The van der Waals surface area contributed by atoms with E-state index in [-0.39, 0.29) is 11.5 Å². The standard InChI is InChI=1S/C16H19BrN2O/c1-2-3-4-5-9-19-16(20)14(12-18)10-13-7-6-8-15(17)11-13/h6-8,10-11H,2-5,9H2,1H3,(H,19,20)/b14-10+. The first-order valence-corrected chi connectivity index (χ1v) is 7.62. The minimum absolute atomic E-state index is 0.138. The number of carbonyl (C=O) groups is 1. The van der Waals surface area contributed by atoms with Crippen LogP contribution in [0.25, 0.3) is 6.08 Å². The maximum absolute atomic E-state index is 11.9. The quantitative estimate of drug-likeness (QED) is 0.464. The second kappa shape index (κ2) is 9.33. The average molecular weight is 335 g/mol. The van der Waals surface area contributed by atoms with Crippen molar-refractivity contribution in [2.75, 3.05) is 6.54 Å². The molecule has 1 aromatic rings. The van der Waals surface area contributed by atoms with Crippen LogP contribution in [0, 0.1) is 11.3 Å². The molecule has 0 atom stereocenters. The zero-order chi connectivity index (χ0) is 14.8. The molecule has 1 N–H and O–H groups in total. The predicted octanol–water partition coefficient (Wildman–Crippen LogP) is 4.05. The van der Waals surface area contributed by atoms with Crippen LogP contribution in [0.5, 0.6) is 0 Å². The van der Waals surface area contributed by atoms with Crippen LogP contribution in [0.2, 0.25) is 0 Å². The minimum atomic E-state index is -0.302. The molecule has 0 saturated heterocycles. The first-order chi connectivity index (χ1) is 9.67. The van der Waals surface area contributed by atoms with Gasteiger partial charge in [-0.25, -0.2) is 0 Å². The molecule has 3 nitrogen and oxygen atoms in total. The first-order valence-electron chi connectivity index (χ1n) is 6.83. The normalized spacial score (nSPS) is 10.9. The largest absolute Gasteiger partial charge is 0.351 e. The van der Waals surface area contributed by atoms with E-state index in [1.54, 1.807) is 6.08 Å². The average Bonchev–Trinajstić information content (AvgIpc) is 2.44. The molecule has 4 heteroatoms. The van der Waals surface area contributed by atoms with Crippen molar-refractivity contribution >= 4 is 27.9 Å². The summed E-state index contributed by atoms with van der Waals surface area (Å²) in [6, 6.07) is 9.45. The molecule has 0 aliphatic heterocycles. The van der Waals surface area contributed by atoms with Gasteiger partial charge in [-0.2, -0.15) is 5.26 Å². The molecule has 0 bridgehead atoms. The van der Waals surface area contributed by atoms with Crippen LogP contribution in [-0.4, -0.2) is 12.5 Å². The second-order valence-corrected chi connectivity index (χ2v) is 5.46. The third-order valence-corrected chi connectivity index (χ3v) is 3.33. The Bertz CT molecular complexity index is 517. The van der Waals surface area contributed by atoms with E-state index in [0.29, 0.717) is 6.54 Å². The summed E-state index contributed by atoms with van der Waals surface area (Å²) in [5.74, 6) is -0.302. The highest BCUT2D eigenvalue weighted by molar-refractivity contribution is 9.10. The summed E-state index contributed by atoms with van der Waals surface area (Å²) in [5, 5.41) is 11.9. The zero-order valence-corrected chi connectivity index (χ0v) is 13.2. The maximum atomic E-state index is 11.9. The van der Waals surface area contributed by atoms with E-state index in [0.717, 1.165) is 22.9 Å². The maximum Gasteiger partial charge on any atom is 0.261 e. The van der Waals surface area contributed by atoms with Gasteiger partial charge < -0.3 is 5.32 Å². The highest BCUT2D eigenvalue weighted by Gasteiger charge is 2.08. The highest BCUT2D eigenvalue weighted by atomic mass is 79.9. The fourth-order valence-electron chi connectivity index (χ4n) is 1.76. The van der Waals surface area contributed by atoms with Crippen LogP contribution >= 0.6 is 15.9 Å². The molecular weight excluding hydrogens is 316 g/mol. The topological polar surface area (TPSA) is 52.9 Å². The van der Waals surface area contributed by atoms with Gasteiger partial charge in [0.15, 0.2) is 0 Å². The number of hydrogen-bond donors (Lipinski definition) is 1. The van der Waals surface area contributed by atoms with Crippen molar-refractivity contribution in [3.63, 3.8) is 0 Å². The van der Waals surface area contributed by atoms with Crippen molar-refractivity contribution in [2.24, 2.45) is 0 Å². The lowest BCUT2D eigenvalue weighted by atomic mass is 10.1. The Balaban J connectivity index is 2.57. The lowest BCUT2D eigenvalue weighted by molar-refractivity contribution is -0.117. The van der Waals surface area contributed by atoms with Crippen molar-refractivity contribution < 1.29 is 4.79 Å². The highest BCUT2D eigenvalue weighted by Crippen LogP contribution is 2.14. The van der Waals surface area contributed by atoms with E-state index in [1.807, 2.05) is 30.3 Å². The Morgan fingerprint density at radius 2 is 2.20 bits per heavy atom. The second-order valence-electron chi connectivity index (χ2n) is 4.54. The smallest absolute Gasteiger partial charge is 0.261 e. The van der Waals surface area contributed by atoms with E-state index >= 15 is 0 Å². The van der Waals surface area contributed by atoms with Crippen LogP contribution < -0.4 is 5.32 Å². The summed E-state index contributed by atoms with van der Waals surface area (Å²) in [6.45, 7) is 2.77. The molecule has 106 valence electrons. The summed E-state index contributed by atoms with van der Waals surface area (Å²) in [4.78, 5) is 11.9. The Morgan fingerprint density at radius 1 is 1.40 bits per heavy atom. The summed E-state index contributed by atoms with van der Waals surface area (Å²) in [7, 11) is 0. The molecule has 1 amide bonds. The molecule has 0 aliphatic carbocycles. The van der Waals surface area contributed by atoms with Gasteiger partial charge in [-0.15, -0.1) is 0 Å². The molecule has 20 heavy (non-hydrogen) atoms. The summed E-state index contributed by atoms with van der Waals surface area (Å²) >= 11 is 3.36. The first kappa shape index (κ1) is 16.5. The fraction of sp³-hybridized carbons (Fsp3) is 0.375. The number of carbonyl (C=O) groups excluding carboxylic acids is 1. The van der Waals surface area contributed by atoms with Gasteiger partial charge in [-0.1, -0.05) is 54.2 Å². The van der Waals surface area contributed by atoms with Crippen molar-refractivity contribution in [3.8, 4) is 6.07 Å². The van der Waals surface area contributed by atoms with Crippen molar-refractivity contribution in [3.05, 3.63) is 39.9 Å². The lowest BCUT2D eigenvalue weighted by Crippen LogP contribution is -2.25. The zero-order valence-electron chi connectivity index (χ0n) is 11.7. The van der Waals surface area contributed by atoms with Gasteiger partial charge in [0.2, 0.25) is 0 Å². The van der Waals surface area contributed by atoms with Crippen molar-refractivity contribution in [1.29, 1.82) is 5.26 Å². The van der Waals surface area contributed by atoms with E-state index < -0.39 is 0 Å². The lowest BCUT2D eigenvalue weighted by Gasteiger charge is -2.04. The van der Waals surface area contributed by atoms with Gasteiger partial charge in [-0.05, 0) is 30.2 Å². The van der Waals surface area contributed by atoms with Crippen LogP contribution in [0.4, 0.5) is 0 Å². The number of halogens is 1. The van der Waals surface area contributed by atoms with Gasteiger partial charge in [0.1, 0.15) is 11.6 Å². The Labute approximate surface area is 128 Å². The number of nitriles is 1. The SMILES string of the molecule is CCCCCCNC(=O)/C(C#N)=C/c1cccc(Br)c1. The van der Waals surface area contributed by atoms with Gasteiger partial charge >= 0.3 is 0 Å². The molecule has 0 saturated carbocycles. The van der Waals surface area contributed by atoms with Gasteiger partial charge in [0.25, 0.3) is 5.91 Å². The van der Waals surface area contributed by atoms with E-state index in [9.17, 15) is 4.79 Å². The molecule has 1 rings (SSSR count). The number of hydrogen-bond acceptors (Lipinski definition) is 2. The molecule has 0 radical (unpaired) electrons. The Kier molecular flexibility index (Phi) is 7.67. The van der Waals surface area contributed by atoms with Crippen LogP contribution in [0.1, 0.15) is 38.2 Å². The number of benzene rings is 1. The molecule has 0 unspecified atom stereocenters. The number of nitrogens with zero attached hydrogens (tertiary/aromatic N) is 1. The van der Waals surface area contributed by atoms with Crippen molar-refractivity contribution in [2.45, 2.75) is 32.6 Å². The molecule has 0 fully saturated rings. The van der Waals surface area contributed by atoms with Crippen LogP contribution in [0.3, 0.4) is 0 Å². The molecule has 1 aromatic carbocycles. The molecule has 0 spiro atoms. The van der Waals surface area contributed by atoms with Gasteiger partial charge in [0, 0.05) is 11.0 Å². The summed E-state index contributed by atoms with van der Waals surface area (Å²) in [5.41, 5.74) is 0.968. The fourth-order valence-corrected chi connectivity index (χ4v) is 2.18.